The first-order chi connectivity index (χ1) is 4.71. The summed E-state index contributed by atoms with van der Waals surface area (Å²) in [6, 6.07) is 0. The first-order valence-electron chi connectivity index (χ1n) is 3.09. The molecule has 0 amide bonds. The highest BCUT2D eigenvalue weighted by Gasteiger charge is 2.22. The maximum atomic E-state index is 11.5. The van der Waals surface area contributed by atoms with Gasteiger partial charge in [-0.05, 0) is 0 Å². The fourth-order valence-corrected chi connectivity index (χ4v) is 1.27. The molecule has 0 fully saturated rings. The van der Waals surface area contributed by atoms with Crippen molar-refractivity contribution in [2.75, 3.05) is 12.0 Å². The summed E-state index contributed by atoms with van der Waals surface area (Å²) < 4.78 is 55.2. The Labute approximate surface area is 63.8 Å². The second kappa shape index (κ2) is 3.47. The molecule has 0 aliphatic heterocycles. The SMILES string of the molecule is CS(=O)(=O)CCC[B-](F)(F)F. The average Bonchev–Trinajstić information content (AvgIpc) is 1.55. The van der Waals surface area contributed by atoms with Crippen LogP contribution in [0, 0.1) is 0 Å². The molecule has 0 aromatic carbocycles. The Balaban J connectivity index is 3.61. The van der Waals surface area contributed by atoms with Crippen molar-refractivity contribution in [2.24, 2.45) is 0 Å². The van der Waals surface area contributed by atoms with E-state index >= 15 is 0 Å². The monoisotopic (exact) mass is 189 g/mol. The molecular weight excluding hydrogens is 180 g/mol. The summed E-state index contributed by atoms with van der Waals surface area (Å²) in [5.74, 6) is -0.381. The van der Waals surface area contributed by atoms with E-state index in [0.29, 0.717) is 0 Å². The van der Waals surface area contributed by atoms with Crippen molar-refractivity contribution < 1.29 is 21.4 Å². The first-order valence-corrected chi connectivity index (χ1v) is 5.15. The summed E-state index contributed by atoms with van der Waals surface area (Å²) in [5.41, 5.74) is 0. The third-order valence-electron chi connectivity index (χ3n) is 1.05. The van der Waals surface area contributed by atoms with E-state index < -0.39 is 23.1 Å². The van der Waals surface area contributed by atoms with Crippen LogP contribution < -0.4 is 0 Å². The molecule has 0 aliphatic carbocycles. The number of halogens is 3. The lowest BCUT2D eigenvalue weighted by Gasteiger charge is -2.11. The summed E-state index contributed by atoms with van der Waals surface area (Å²) in [6.07, 6.45) is -0.355. The van der Waals surface area contributed by atoms with Gasteiger partial charge in [-0.25, -0.2) is 8.42 Å². The molecule has 0 heterocycles. The van der Waals surface area contributed by atoms with Gasteiger partial charge in [0.1, 0.15) is 9.84 Å². The van der Waals surface area contributed by atoms with Crippen LogP contribution >= 0.6 is 0 Å². The molecule has 7 heteroatoms. The van der Waals surface area contributed by atoms with Crippen molar-refractivity contribution in [1.29, 1.82) is 0 Å². The molecule has 0 spiro atoms. The highest BCUT2D eigenvalue weighted by atomic mass is 32.2. The van der Waals surface area contributed by atoms with Crippen LogP contribution in [-0.2, 0) is 9.84 Å². The largest absolute Gasteiger partial charge is 0.478 e. The first kappa shape index (κ1) is 10.8. The van der Waals surface area contributed by atoms with Gasteiger partial charge >= 0.3 is 6.98 Å². The molecule has 0 rings (SSSR count). The Morgan fingerprint density at radius 2 is 1.73 bits per heavy atom. The van der Waals surface area contributed by atoms with Crippen molar-refractivity contribution in [1.82, 2.24) is 0 Å². The molecule has 0 bridgehead atoms. The lowest BCUT2D eigenvalue weighted by molar-refractivity contribution is 0.466. The molecule has 0 aromatic heterocycles. The van der Waals surface area contributed by atoms with Gasteiger partial charge in [0.25, 0.3) is 0 Å². The highest BCUT2D eigenvalue weighted by Crippen LogP contribution is 2.16. The lowest BCUT2D eigenvalue weighted by Crippen LogP contribution is -2.16. The topological polar surface area (TPSA) is 34.1 Å². The standard InChI is InChI=1S/C4H9BF3O2S/c1-11(9,10)4-2-3-5(6,7)8/h2-4H2,1H3/q-1. The van der Waals surface area contributed by atoms with Crippen LogP contribution in [0.15, 0.2) is 0 Å². The molecule has 0 unspecified atom stereocenters. The van der Waals surface area contributed by atoms with E-state index in [4.69, 9.17) is 0 Å². The minimum Gasteiger partial charge on any atom is -0.449 e. The van der Waals surface area contributed by atoms with E-state index in [0.717, 1.165) is 6.26 Å². The van der Waals surface area contributed by atoms with Crippen LogP contribution in [0.4, 0.5) is 12.9 Å². The molecular formula is C4H9BF3O2S-. The van der Waals surface area contributed by atoms with E-state index in [1.807, 2.05) is 0 Å². The normalized spacial score (nSPS) is 13.5. The van der Waals surface area contributed by atoms with Gasteiger partial charge in [-0.2, -0.15) is 0 Å². The fraction of sp³-hybridized carbons (Fsp3) is 1.00. The second-order valence-corrected chi connectivity index (χ2v) is 4.74. The Hall–Kier alpha value is -0.195. The number of hydrogen-bond donors (Lipinski definition) is 0. The molecule has 0 atom stereocenters. The predicted octanol–water partition coefficient (Wildman–Crippen LogP) is 1.27. The highest BCUT2D eigenvalue weighted by molar-refractivity contribution is 7.90. The van der Waals surface area contributed by atoms with Gasteiger partial charge in [0.15, 0.2) is 0 Å². The summed E-state index contributed by atoms with van der Waals surface area (Å²) in [6.45, 7) is -4.82. The van der Waals surface area contributed by atoms with E-state index in [1.54, 1.807) is 0 Å². The minimum absolute atomic E-state index is 0.317. The molecule has 0 saturated carbocycles. The zero-order valence-corrected chi connectivity index (χ0v) is 6.87. The van der Waals surface area contributed by atoms with Crippen molar-refractivity contribution in [2.45, 2.75) is 12.7 Å². The fourth-order valence-electron chi connectivity index (χ4n) is 0.577. The van der Waals surface area contributed by atoms with Crippen LogP contribution in [0.5, 0.6) is 0 Å². The van der Waals surface area contributed by atoms with E-state index in [9.17, 15) is 21.4 Å². The number of rotatable bonds is 4. The zero-order valence-electron chi connectivity index (χ0n) is 6.06. The molecule has 2 nitrogen and oxygen atoms in total. The van der Waals surface area contributed by atoms with E-state index in [-0.39, 0.29) is 12.2 Å². The third-order valence-corrected chi connectivity index (χ3v) is 2.08. The van der Waals surface area contributed by atoms with Crippen molar-refractivity contribution >= 4 is 16.8 Å². The molecule has 0 aliphatic rings. The smallest absolute Gasteiger partial charge is 0.449 e. The van der Waals surface area contributed by atoms with Crippen LogP contribution in [0.25, 0.3) is 0 Å². The Morgan fingerprint density at radius 1 is 1.27 bits per heavy atom. The molecule has 68 valence electrons. The van der Waals surface area contributed by atoms with E-state index in [1.165, 1.54) is 0 Å². The maximum absolute atomic E-state index is 11.5. The van der Waals surface area contributed by atoms with Crippen molar-refractivity contribution in [3.8, 4) is 0 Å². The van der Waals surface area contributed by atoms with Crippen LogP contribution in [0.3, 0.4) is 0 Å². The number of sulfone groups is 1. The summed E-state index contributed by atoms with van der Waals surface area (Å²) >= 11 is 0. The minimum atomic E-state index is -4.82. The van der Waals surface area contributed by atoms with Gasteiger partial charge in [0, 0.05) is 12.0 Å². The average molecular weight is 189 g/mol. The van der Waals surface area contributed by atoms with Gasteiger partial charge < -0.3 is 12.9 Å². The Bertz CT molecular complexity index is 208. The summed E-state index contributed by atoms with van der Waals surface area (Å²) in [5, 5.41) is 0. The lowest BCUT2D eigenvalue weighted by atomic mass is 9.85. The van der Waals surface area contributed by atoms with Crippen molar-refractivity contribution in [3.63, 3.8) is 0 Å². The Kier molecular flexibility index (Phi) is 3.41. The molecule has 11 heavy (non-hydrogen) atoms. The van der Waals surface area contributed by atoms with Crippen molar-refractivity contribution in [3.05, 3.63) is 0 Å². The van der Waals surface area contributed by atoms with Crippen LogP contribution in [-0.4, -0.2) is 27.4 Å². The zero-order chi connectivity index (χ0) is 9.12. The van der Waals surface area contributed by atoms with Crippen LogP contribution in [0.1, 0.15) is 6.42 Å². The summed E-state index contributed by atoms with van der Waals surface area (Å²) in [4.78, 5) is 0. The van der Waals surface area contributed by atoms with Gasteiger partial charge in [0.05, 0.1) is 0 Å². The number of hydrogen-bond acceptors (Lipinski definition) is 2. The van der Waals surface area contributed by atoms with Gasteiger partial charge in [0.2, 0.25) is 0 Å². The third kappa shape index (κ3) is 9.80. The van der Waals surface area contributed by atoms with Crippen LogP contribution in [0.2, 0.25) is 6.32 Å². The summed E-state index contributed by atoms with van der Waals surface area (Å²) in [7, 11) is -3.24. The molecule has 0 N–H and O–H groups in total. The van der Waals surface area contributed by atoms with Gasteiger partial charge in [-0.1, -0.05) is 12.7 Å². The van der Waals surface area contributed by atoms with E-state index in [2.05, 4.69) is 0 Å². The van der Waals surface area contributed by atoms with Gasteiger partial charge in [-0.15, -0.1) is 0 Å². The quantitative estimate of drug-likeness (QED) is 0.624. The molecule has 0 aromatic rings. The van der Waals surface area contributed by atoms with Gasteiger partial charge in [-0.3, -0.25) is 0 Å². The Morgan fingerprint density at radius 3 is 2.00 bits per heavy atom. The molecule has 0 radical (unpaired) electrons. The predicted molar refractivity (Wildman–Crippen MR) is 38.2 cm³/mol. The molecule has 0 saturated heterocycles. The maximum Gasteiger partial charge on any atom is 0.478 e. The second-order valence-electron chi connectivity index (χ2n) is 2.48.